The zero-order valence-electron chi connectivity index (χ0n) is 23.5. The molecule has 2 aliphatic rings. The summed E-state index contributed by atoms with van der Waals surface area (Å²) >= 11 is 0. The summed E-state index contributed by atoms with van der Waals surface area (Å²) < 4.78 is 44.6. The minimum absolute atomic E-state index is 0.0261. The van der Waals surface area contributed by atoms with Crippen molar-refractivity contribution in [2.24, 2.45) is 18.9 Å². The normalized spacial score (nSPS) is 20.8. The lowest BCUT2D eigenvalue weighted by Gasteiger charge is -2.38. The molecule has 6 rings (SSSR count). The monoisotopic (exact) mass is 580 g/mol. The Balaban J connectivity index is 1.37. The number of nitrogens with zero attached hydrogens (tertiary/aromatic N) is 6. The zero-order chi connectivity index (χ0) is 29.8. The van der Waals surface area contributed by atoms with E-state index in [1.807, 2.05) is 0 Å². The number of H-pyrrole nitrogens is 1. The maximum atomic E-state index is 16.1. The van der Waals surface area contributed by atoms with Crippen molar-refractivity contribution in [3.8, 4) is 11.1 Å². The number of carbonyl (C=O) groups is 2. The molecule has 1 aliphatic carbocycles. The first-order chi connectivity index (χ1) is 20.0. The lowest BCUT2D eigenvalue weighted by molar-refractivity contribution is -0.113. The standard InChI is InChI=1S/C29H31F3N8O2/c1-15-4-6-17(7-5-15)23(38-27(41)21-10-11-34-39(21)3)26-36-20-9-8-18(22(30)25(20)37-26)19-12-33-16(2)35-24(19)28(42)40-13-29(31,32)14-40/h8-12,15,17,23H,4-7,13-14H2,1-3H3,(H,36,37)(H,38,41). The summed E-state index contributed by atoms with van der Waals surface area (Å²) in [5.74, 6) is -3.33. The van der Waals surface area contributed by atoms with Crippen LogP contribution in [0.25, 0.3) is 22.2 Å². The van der Waals surface area contributed by atoms with Crippen LogP contribution in [0.3, 0.4) is 0 Å². The van der Waals surface area contributed by atoms with Gasteiger partial charge in [-0.25, -0.2) is 28.1 Å². The third-order valence-electron chi connectivity index (χ3n) is 8.31. The third-order valence-corrected chi connectivity index (χ3v) is 8.31. The fourth-order valence-corrected chi connectivity index (χ4v) is 5.89. The van der Waals surface area contributed by atoms with Gasteiger partial charge in [-0.3, -0.25) is 14.3 Å². The van der Waals surface area contributed by atoms with Gasteiger partial charge in [0.2, 0.25) is 0 Å². The van der Waals surface area contributed by atoms with E-state index in [4.69, 9.17) is 0 Å². The van der Waals surface area contributed by atoms with Gasteiger partial charge in [0.15, 0.2) is 5.82 Å². The molecular weight excluding hydrogens is 549 g/mol. The topological polar surface area (TPSA) is 122 Å². The van der Waals surface area contributed by atoms with Gasteiger partial charge in [0.1, 0.15) is 28.6 Å². The van der Waals surface area contributed by atoms with E-state index in [-0.39, 0.29) is 40.0 Å². The van der Waals surface area contributed by atoms with Gasteiger partial charge in [-0.15, -0.1) is 0 Å². The highest BCUT2D eigenvalue weighted by molar-refractivity contribution is 6.00. The molecule has 4 heterocycles. The molecule has 10 nitrogen and oxygen atoms in total. The van der Waals surface area contributed by atoms with Crippen LogP contribution in [0.1, 0.15) is 71.3 Å². The van der Waals surface area contributed by atoms with Crippen LogP contribution in [0.15, 0.2) is 30.6 Å². The Morgan fingerprint density at radius 3 is 2.50 bits per heavy atom. The van der Waals surface area contributed by atoms with Crippen molar-refractivity contribution in [1.82, 2.24) is 39.9 Å². The summed E-state index contributed by atoms with van der Waals surface area (Å²) in [6.07, 6.45) is 6.65. The van der Waals surface area contributed by atoms with Crippen LogP contribution in [0.5, 0.6) is 0 Å². The molecule has 13 heteroatoms. The Bertz CT molecular complexity index is 1670. The number of aromatic amines is 1. The molecule has 1 aliphatic heterocycles. The molecule has 1 unspecified atom stereocenters. The molecule has 1 saturated carbocycles. The smallest absolute Gasteiger partial charge is 0.282 e. The summed E-state index contributed by atoms with van der Waals surface area (Å²) in [5.41, 5.74) is 0.805. The van der Waals surface area contributed by atoms with E-state index >= 15 is 4.39 Å². The average Bonchev–Trinajstić information content (AvgIpc) is 3.57. The molecule has 3 aromatic heterocycles. The van der Waals surface area contributed by atoms with Crippen molar-refractivity contribution in [3.63, 3.8) is 0 Å². The Labute approximate surface area is 239 Å². The van der Waals surface area contributed by atoms with Crippen LogP contribution in [-0.4, -0.2) is 65.4 Å². The van der Waals surface area contributed by atoms with Gasteiger partial charge in [-0.05, 0) is 49.8 Å². The Morgan fingerprint density at radius 1 is 1.10 bits per heavy atom. The van der Waals surface area contributed by atoms with Gasteiger partial charge >= 0.3 is 0 Å². The summed E-state index contributed by atoms with van der Waals surface area (Å²) in [6, 6.07) is 4.26. The second-order valence-corrected chi connectivity index (χ2v) is 11.5. The van der Waals surface area contributed by atoms with E-state index in [1.165, 1.54) is 16.9 Å². The highest BCUT2D eigenvalue weighted by Gasteiger charge is 2.47. The summed E-state index contributed by atoms with van der Waals surface area (Å²) in [4.78, 5) is 43.4. The number of hydrogen-bond donors (Lipinski definition) is 2. The predicted molar refractivity (Wildman–Crippen MR) is 147 cm³/mol. The quantitative estimate of drug-likeness (QED) is 0.344. The van der Waals surface area contributed by atoms with Crippen LogP contribution in [0, 0.1) is 24.6 Å². The summed E-state index contributed by atoms with van der Waals surface area (Å²) in [6.45, 7) is 2.34. The number of halogens is 3. The molecule has 42 heavy (non-hydrogen) atoms. The highest BCUT2D eigenvalue weighted by Crippen LogP contribution is 2.38. The Hall–Kier alpha value is -4.29. The zero-order valence-corrected chi connectivity index (χ0v) is 23.5. The van der Waals surface area contributed by atoms with E-state index in [9.17, 15) is 18.4 Å². The van der Waals surface area contributed by atoms with E-state index in [2.05, 4.69) is 37.3 Å². The lowest BCUT2D eigenvalue weighted by Crippen LogP contribution is -2.58. The van der Waals surface area contributed by atoms with Gasteiger partial charge in [-0.1, -0.05) is 19.8 Å². The minimum atomic E-state index is -2.95. The third kappa shape index (κ3) is 5.12. The number of aromatic nitrogens is 6. The number of hydrogen-bond acceptors (Lipinski definition) is 6. The molecule has 1 saturated heterocycles. The van der Waals surface area contributed by atoms with Crippen molar-refractivity contribution in [2.75, 3.05) is 13.1 Å². The predicted octanol–water partition coefficient (Wildman–Crippen LogP) is 4.59. The SMILES string of the molecule is Cc1ncc(-c2ccc3[nH]c(C(NC(=O)c4ccnn4C)C4CCC(C)CC4)nc3c2F)c(C(=O)N2CC(F)(F)C2)n1. The van der Waals surface area contributed by atoms with Crippen LogP contribution in [0.4, 0.5) is 13.2 Å². The second kappa shape index (κ2) is 10.5. The lowest BCUT2D eigenvalue weighted by atomic mass is 9.79. The number of imidazole rings is 1. The number of rotatable bonds is 6. The van der Waals surface area contributed by atoms with Crippen LogP contribution < -0.4 is 5.32 Å². The molecule has 2 fully saturated rings. The van der Waals surface area contributed by atoms with Crippen molar-refractivity contribution in [3.05, 3.63) is 59.4 Å². The van der Waals surface area contributed by atoms with Gasteiger partial charge in [0, 0.05) is 30.6 Å². The van der Waals surface area contributed by atoms with Crippen molar-refractivity contribution >= 4 is 22.8 Å². The van der Waals surface area contributed by atoms with Crippen LogP contribution >= 0.6 is 0 Å². The molecule has 2 amide bonds. The number of amides is 2. The van der Waals surface area contributed by atoms with Crippen molar-refractivity contribution in [2.45, 2.75) is 51.5 Å². The van der Waals surface area contributed by atoms with Gasteiger partial charge in [0.25, 0.3) is 17.7 Å². The van der Waals surface area contributed by atoms with E-state index < -0.39 is 36.8 Å². The second-order valence-electron chi connectivity index (χ2n) is 11.5. The molecule has 4 aromatic rings. The Morgan fingerprint density at radius 2 is 1.83 bits per heavy atom. The largest absolute Gasteiger partial charge is 0.340 e. The average molecular weight is 581 g/mol. The first kappa shape index (κ1) is 27.9. The maximum Gasteiger partial charge on any atom is 0.282 e. The number of likely N-dealkylation sites (tertiary alicyclic amines) is 1. The molecule has 220 valence electrons. The highest BCUT2D eigenvalue weighted by atomic mass is 19.3. The first-order valence-electron chi connectivity index (χ1n) is 14.0. The number of nitrogens with one attached hydrogen (secondary N) is 2. The number of carbonyl (C=O) groups excluding carboxylic acids is 2. The van der Waals surface area contributed by atoms with E-state index in [0.29, 0.717) is 23.0 Å². The van der Waals surface area contributed by atoms with Gasteiger partial charge in [0.05, 0.1) is 24.6 Å². The molecule has 0 bridgehead atoms. The molecule has 1 atom stereocenters. The molecular formula is C29H31F3N8O2. The minimum Gasteiger partial charge on any atom is -0.340 e. The van der Waals surface area contributed by atoms with E-state index in [1.54, 1.807) is 32.3 Å². The fraction of sp³-hybridized carbons (Fsp3) is 0.448. The van der Waals surface area contributed by atoms with Crippen LogP contribution in [-0.2, 0) is 7.05 Å². The number of benzene rings is 1. The first-order valence-corrected chi connectivity index (χ1v) is 14.0. The molecule has 0 radical (unpaired) electrons. The van der Waals surface area contributed by atoms with Gasteiger partial charge < -0.3 is 15.2 Å². The van der Waals surface area contributed by atoms with Gasteiger partial charge in [-0.2, -0.15) is 5.10 Å². The number of fused-ring (bicyclic) bond motifs is 1. The maximum absolute atomic E-state index is 16.1. The van der Waals surface area contributed by atoms with E-state index in [0.717, 1.165) is 30.6 Å². The molecule has 2 N–H and O–H groups in total. The summed E-state index contributed by atoms with van der Waals surface area (Å²) in [7, 11) is 1.69. The number of aryl methyl sites for hydroxylation is 2. The van der Waals surface area contributed by atoms with Crippen LogP contribution in [0.2, 0.25) is 0 Å². The molecule has 0 spiro atoms. The fourth-order valence-electron chi connectivity index (χ4n) is 5.89. The van der Waals surface area contributed by atoms with Crippen molar-refractivity contribution in [1.29, 1.82) is 0 Å². The summed E-state index contributed by atoms with van der Waals surface area (Å²) in [5, 5.41) is 7.19. The Kier molecular flexibility index (Phi) is 6.98. The van der Waals surface area contributed by atoms with Crippen molar-refractivity contribution < 1.29 is 22.8 Å². The molecule has 1 aromatic carbocycles. The number of alkyl halides is 2.